The second kappa shape index (κ2) is 12.5. The van der Waals surface area contributed by atoms with Crippen LogP contribution in [0.4, 0.5) is 0 Å². The number of H-pyrrole nitrogens is 1. The van der Waals surface area contributed by atoms with Crippen LogP contribution in [-0.4, -0.2) is 34.7 Å². The first-order chi connectivity index (χ1) is 19.1. The molecule has 0 amide bonds. The third kappa shape index (κ3) is 6.05. The van der Waals surface area contributed by atoms with Crippen molar-refractivity contribution < 1.29 is 0 Å². The van der Waals surface area contributed by atoms with Crippen LogP contribution < -0.4 is 5.69 Å². The van der Waals surface area contributed by atoms with Gasteiger partial charge >= 0.3 is 5.69 Å². The molecule has 8 heteroatoms. The average molecular weight is 528 g/mol. The third-order valence-corrected chi connectivity index (χ3v) is 8.40. The summed E-state index contributed by atoms with van der Waals surface area (Å²) in [5, 5.41) is 14.3. The first-order valence-corrected chi connectivity index (χ1v) is 14.6. The van der Waals surface area contributed by atoms with E-state index in [1.807, 2.05) is 35.2 Å². The van der Waals surface area contributed by atoms with Crippen molar-refractivity contribution in [2.45, 2.75) is 91.1 Å². The Hall–Kier alpha value is -3.55. The van der Waals surface area contributed by atoms with Crippen LogP contribution in [0.3, 0.4) is 0 Å². The lowest BCUT2D eigenvalue weighted by atomic mass is 9.80. The maximum atomic E-state index is 14.1. The Morgan fingerprint density at radius 1 is 1.03 bits per heavy atom. The minimum absolute atomic E-state index is 0.125. The maximum absolute atomic E-state index is 14.1. The Morgan fingerprint density at radius 2 is 1.79 bits per heavy atom. The highest BCUT2D eigenvalue weighted by molar-refractivity contribution is 5.69. The van der Waals surface area contributed by atoms with Gasteiger partial charge in [0.05, 0.1) is 6.54 Å². The Labute approximate surface area is 230 Å². The van der Waals surface area contributed by atoms with Gasteiger partial charge in [0.1, 0.15) is 0 Å². The lowest BCUT2D eigenvalue weighted by Gasteiger charge is -2.32. The molecule has 0 radical (unpaired) electrons. The Balaban J connectivity index is 1.50. The van der Waals surface area contributed by atoms with Gasteiger partial charge in [-0.05, 0) is 65.5 Å². The summed E-state index contributed by atoms with van der Waals surface area (Å²) in [6, 6.07) is 10.4. The molecule has 0 aliphatic heterocycles. The summed E-state index contributed by atoms with van der Waals surface area (Å²) in [5.74, 6) is 1.66. The molecule has 3 heterocycles. The van der Waals surface area contributed by atoms with Crippen molar-refractivity contribution in [2.24, 2.45) is 11.8 Å². The first-order valence-electron chi connectivity index (χ1n) is 14.6. The highest BCUT2D eigenvalue weighted by Gasteiger charge is 2.29. The van der Waals surface area contributed by atoms with E-state index in [1.54, 1.807) is 0 Å². The second-order valence-corrected chi connectivity index (χ2v) is 11.3. The molecule has 0 bridgehead atoms. The van der Waals surface area contributed by atoms with Crippen LogP contribution in [0.1, 0.15) is 89.4 Å². The lowest BCUT2D eigenvalue weighted by Crippen LogP contribution is -2.33. The molecular formula is C31H41N7O. The number of unbranched alkanes of at least 4 members (excludes halogenated alkanes) is 1. The van der Waals surface area contributed by atoms with Gasteiger partial charge in [0.25, 0.3) is 0 Å². The number of hydrogen-bond acceptors (Lipinski definition) is 5. The summed E-state index contributed by atoms with van der Waals surface area (Å²) < 4.78 is 4.12. The summed E-state index contributed by atoms with van der Waals surface area (Å²) in [5.41, 5.74) is 5.35. The van der Waals surface area contributed by atoms with Crippen molar-refractivity contribution in [2.75, 3.05) is 0 Å². The van der Waals surface area contributed by atoms with Crippen molar-refractivity contribution in [1.82, 2.24) is 34.7 Å². The van der Waals surface area contributed by atoms with Gasteiger partial charge in [-0.25, -0.2) is 4.79 Å². The number of pyridine rings is 1. The molecule has 2 unspecified atom stereocenters. The van der Waals surface area contributed by atoms with Gasteiger partial charge < -0.3 is 0 Å². The SMILES string of the molecule is CCCCc1cn(C2CCCCCCC2C(C)C)c(=O)n1Cc1cnccc1-c1ccc(-c2nn[nH]n2)cc1. The quantitative estimate of drug-likeness (QED) is 0.270. The molecule has 8 nitrogen and oxygen atoms in total. The molecule has 5 rings (SSSR count). The Bertz CT molecular complexity index is 1390. The van der Waals surface area contributed by atoms with E-state index in [4.69, 9.17) is 0 Å². The number of imidazole rings is 1. The number of hydrogen-bond donors (Lipinski definition) is 1. The summed E-state index contributed by atoms with van der Waals surface area (Å²) in [7, 11) is 0. The van der Waals surface area contributed by atoms with Crippen LogP contribution in [0.25, 0.3) is 22.5 Å². The average Bonchev–Trinajstić information content (AvgIpc) is 3.57. The van der Waals surface area contributed by atoms with E-state index in [1.165, 1.54) is 32.1 Å². The molecular weight excluding hydrogens is 486 g/mol. The van der Waals surface area contributed by atoms with E-state index in [0.29, 0.717) is 24.2 Å². The number of aryl methyl sites for hydroxylation is 1. The number of tetrazole rings is 1. The largest absolute Gasteiger partial charge is 0.328 e. The third-order valence-electron chi connectivity index (χ3n) is 8.40. The van der Waals surface area contributed by atoms with Gasteiger partial charge in [-0.1, -0.05) is 77.1 Å². The van der Waals surface area contributed by atoms with E-state index in [9.17, 15) is 4.79 Å². The molecule has 0 spiro atoms. The predicted molar refractivity (Wildman–Crippen MR) is 154 cm³/mol. The van der Waals surface area contributed by atoms with Crippen molar-refractivity contribution >= 4 is 0 Å². The minimum Gasteiger partial charge on any atom is -0.296 e. The number of aromatic nitrogens is 7. The summed E-state index contributed by atoms with van der Waals surface area (Å²) >= 11 is 0. The van der Waals surface area contributed by atoms with E-state index in [-0.39, 0.29) is 11.7 Å². The van der Waals surface area contributed by atoms with Crippen LogP contribution in [0.2, 0.25) is 0 Å². The summed E-state index contributed by atoms with van der Waals surface area (Å²) in [6.07, 6.45) is 16.3. The number of nitrogens with zero attached hydrogens (tertiary/aromatic N) is 6. The summed E-state index contributed by atoms with van der Waals surface area (Å²) in [4.78, 5) is 18.6. The highest BCUT2D eigenvalue weighted by Crippen LogP contribution is 2.36. The molecule has 3 aromatic heterocycles. The zero-order chi connectivity index (χ0) is 27.2. The van der Waals surface area contributed by atoms with Gasteiger partial charge in [0.15, 0.2) is 0 Å². The van der Waals surface area contributed by atoms with Crippen molar-refractivity contribution in [3.63, 3.8) is 0 Å². The van der Waals surface area contributed by atoms with E-state index in [0.717, 1.165) is 53.6 Å². The fourth-order valence-electron chi connectivity index (χ4n) is 6.22. The fraction of sp³-hybridized carbons (Fsp3) is 0.516. The summed E-state index contributed by atoms with van der Waals surface area (Å²) in [6.45, 7) is 7.37. The van der Waals surface area contributed by atoms with Crippen molar-refractivity contribution in [1.29, 1.82) is 0 Å². The van der Waals surface area contributed by atoms with Crippen LogP contribution in [0, 0.1) is 11.8 Å². The zero-order valence-electron chi connectivity index (χ0n) is 23.5. The molecule has 1 aromatic carbocycles. The minimum atomic E-state index is 0.125. The molecule has 39 heavy (non-hydrogen) atoms. The van der Waals surface area contributed by atoms with E-state index >= 15 is 0 Å². The Kier molecular flexibility index (Phi) is 8.69. The first kappa shape index (κ1) is 27.0. The lowest BCUT2D eigenvalue weighted by molar-refractivity contribution is 0.200. The normalized spacial score (nSPS) is 18.3. The zero-order valence-corrected chi connectivity index (χ0v) is 23.5. The van der Waals surface area contributed by atoms with Crippen molar-refractivity contribution in [3.05, 3.63) is 70.7 Å². The second-order valence-electron chi connectivity index (χ2n) is 11.3. The molecule has 206 valence electrons. The van der Waals surface area contributed by atoms with Crippen LogP contribution in [0.15, 0.2) is 53.7 Å². The van der Waals surface area contributed by atoms with Gasteiger partial charge in [-0.15, -0.1) is 10.2 Å². The topological polar surface area (TPSA) is 94.3 Å². The van der Waals surface area contributed by atoms with Gasteiger partial charge in [0, 0.05) is 35.9 Å². The van der Waals surface area contributed by atoms with Gasteiger partial charge in [-0.2, -0.15) is 5.21 Å². The molecule has 2 atom stereocenters. The van der Waals surface area contributed by atoms with E-state index in [2.05, 4.69) is 69.3 Å². The predicted octanol–water partition coefficient (Wildman–Crippen LogP) is 6.45. The molecule has 1 aliphatic carbocycles. The van der Waals surface area contributed by atoms with Gasteiger partial charge in [-0.3, -0.25) is 14.1 Å². The molecule has 1 aliphatic rings. The number of nitrogens with one attached hydrogen (secondary N) is 1. The Morgan fingerprint density at radius 3 is 2.51 bits per heavy atom. The monoisotopic (exact) mass is 527 g/mol. The maximum Gasteiger partial charge on any atom is 0.328 e. The van der Waals surface area contributed by atoms with Crippen LogP contribution in [0.5, 0.6) is 0 Å². The van der Waals surface area contributed by atoms with Crippen LogP contribution in [-0.2, 0) is 13.0 Å². The smallest absolute Gasteiger partial charge is 0.296 e. The van der Waals surface area contributed by atoms with Crippen LogP contribution >= 0.6 is 0 Å². The molecule has 1 N–H and O–H groups in total. The van der Waals surface area contributed by atoms with Gasteiger partial charge in [0.2, 0.25) is 5.82 Å². The molecule has 1 fully saturated rings. The highest BCUT2D eigenvalue weighted by atomic mass is 16.1. The number of rotatable bonds is 9. The van der Waals surface area contributed by atoms with E-state index < -0.39 is 0 Å². The molecule has 4 aromatic rings. The number of aromatic amines is 1. The van der Waals surface area contributed by atoms with Crippen molar-refractivity contribution in [3.8, 4) is 22.5 Å². The molecule has 1 saturated carbocycles. The standard InChI is InChI=1S/C31H41N7O/c1-4-5-10-26-21-38(29-12-9-7-6-8-11-27(29)22(2)3)31(39)37(26)20-25-19-32-18-17-28(25)23-13-15-24(16-14-23)30-33-35-36-34-30/h13-19,21-22,27,29H,4-12,20H2,1-3H3,(H,33,34,35,36). The molecule has 0 saturated heterocycles. The fourth-order valence-corrected chi connectivity index (χ4v) is 6.22. The number of benzene rings is 1.